The highest BCUT2D eigenvalue weighted by molar-refractivity contribution is 5.98. The number of benzene rings is 1. The molecule has 3 aromatic rings. The molecule has 0 aliphatic carbocycles. The van der Waals surface area contributed by atoms with Crippen LogP contribution in [0.15, 0.2) is 53.1 Å². The number of hydrogen-bond donors (Lipinski definition) is 1. The summed E-state index contributed by atoms with van der Waals surface area (Å²) in [5, 5.41) is 4.11. The highest BCUT2D eigenvalue weighted by atomic mass is 16.3. The molecule has 3 aliphatic heterocycles. The van der Waals surface area contributed by atoms with Crippen LogP contribution in [0.4, 0.5) is 5.82 Å². The predicted molar refractivity (Wildman–Crippen MR) is 130 cm³/mol. The number of likely N-dealkylation sites (tertiary alicyclic amines) is 2. The summed E-state index contributed by atoms with van der Waals surface area (Å²) >= 11 is 0. The van der Waals surface area contributed by atoms with E-state index in [1.54, 1.807) is 12.3 Å². The molecule has 34 heavy (non-hydrogen) atoms. The van der Waals surface area contributed by atoms with Crippen molar-refractivity contribution in [2.24, 2.45) is 5.41 Å². The Morgan fingerprint density at radius 3 is 2.79 bits per heavy atom. The largest absolute Gasteiger partial charge is 0.461 e. The van der Waals surface area contributed by atoms with Crippen molar-refractivity contribution in [3.05, 3.63) is 65.6 Å². The second-order valence-corrected chi connectivity index (χ2v) is 9.95. The van der Waals surface area contributed by atoms with Crippen molar-refractivity contribution >= 4 is 34.7 Å². The quantitative estimate of drug-likeness (QED) is 0.609. The molecule has 0 saturated carbocycles. The number of fused-ring (bicyclic) bond motifs is 2. The lowest BCUT2D eigenvalue weighted by Crippen LogP contribution is -2.49. The van der Waals surface area contributed by atoms with Crippen LogP contribution in [0.5, 0.6) is 0 Å². The fourth-order valence-corrected chi connectivity index (χ4v) is 5.32. The zero-order valence-electron chi connectivity index (χ0n) is 19.3. The number of hydrogen-bond acceptors (Lipinski definition) is 5. The van der Waals surface area contributed by atoms with Gasteiger partial charge in [-0.15, -0.1) is 0 Å². The Bertz CT molecular complexity index is 1260. The highest BCUT2D eigenvalue weighted by Crippen LogP contribution is 2.41. The van der Waals surface area contributed by atoms with Gasteiger partial charge in [0.1, 0.15) is 17.2 Å². The molecular weight excluding hydrogens is 428 g/mol. The second kappa shape index (κ2) is 8.09. The molecule has 2 saturated heterocycles. The van der Waals surface area contributed by atoms with Crippen LogP contribution in [-0.2, 0) is 16.0 Å². The van der Waals surface area contributed by atoms with Crippen LogP contribution in [0.3, 0.4) is 0 Å². The smallest absolute Gasteiger partial charge is 0.246 e. The molecule has 7 heteroatoms. The Morgan fingerprint density at radius 1 is 1.21 bits per heavy atom. The Hall–Kier alpha value is -3.45. The van der Waals surface area contributed by atoms with E-state index in [1.165, 1.54) is 0 Å². The molecule has 1 spiro atoms. The van der Waals surface area contributed by atoms with E-state index in [4.69, 9.17) is 4.42 Å². The minimum Gasteiger partial charge on any atom is -0.461 e. The zero-order valence-corrected chi connectivity index (χ0v) is 19.3. The summed E-state index contributed by atoms with van der Waals surface area (Å²) < 4.78 is 5.95. The fraction of sp³-hybridized carbons (Fsp3) is 0.370. The summed E-state index contributed by atoms with van der Waals surface area (Å²) in [6.45, 7) is 3.17. The van der Waals surface area contributed by atoms with E-state index in [-0.39, 0.29) is 23.1 Å². The van der Waals surface area contributed by atoms with Crippen LogP contribution < -0.4 is 5.32 Å². The third-order valence-electron chi connectivity index (χ3n) is 7.63. The van der Waals surface area contributed by atoms with Gasteiger partial charge in [-0.3, -0.25) is 9.59 Å². The van der Waals surface area contributed by atoms with E-state index in [2.05, 4.69) is 34.4 Å². The molecule has 3 aliphatic rings. The third kappa shape index (κ3) is 3.70. The van der Waals surface area contributed by atoms with E-state index in [0.717, 1.165) is 53.8 Å². The lowest BCUT2D eigenvalue weighted by molar-refractivity contribution is -0.130. The SMILES string of the molecule is CN1CCC2(CC1)Cc1cc(/C=C/C(=O)N3CC(c4cc5ccccc5o4)C3)cnc1NC2=O. The maximum absolute atomic E-state index is 12.8. The lowest BCUT2D eigenvalue weighted by Gasteiger charge is -2.42. The Labute approximate surface area is 198 Å². The molecule has 0 atom stereocenters. The zero-order chi connectivity index (χ0) is 23.3. The van der Waals surface area contributed by atoms with Gasteiger partial charge in [0.15, 0.2) is 0 Å². The van der Waals surface area contributed by atoms with Crippen molar-refractivity contribution < 1.29 is 14.0 Å². The van der Waals surface area contributed by atoms with Gasteiger partial charge in [0.25, 0.3) is 0 Å². The Kier molecular flexibility index (Phi) is 5.03. The van der Waals surface area contributed by atoms with E-state index >= 15 is 0 Å². The Morgan fingerprint density at radius 2 is 2.00 bits per heavy atom. The highest BCUT2D eigenvalue weighted by Gasteiger charge is 2.44. The van der Waals surface area contributed by atoms with Crippen LogP contribution in [0, 0.1) is 5.41 Å². The van der Waals surface area contributed by atoms with E-state index in [0.29, 0.717) is 25.3 Å². The minimum atomic E-state index is -0.345. The maximum Gasteiger partial charge on any atom is 0.246 e. The molecule has 6 rings (SSSR count). The standard InChI is InChI=1S/C27H28N4O3/c1-30-10-8-27(9-11-30)14-20-12-18(15-28-25(20)29-26(27)33)6-7-24(32)31-16-21(17-31)23-13-19-4-2-3-5-22(19)34-23/h2-7,12-13,15,21H,8-11,14,16-17H2,1H3,(H,28,29,33)/b7-6+. The monoisotopic (exact) mass is 456 g/mol. The number of nitrogens with one attached hydrogen (secondary N) is 1. The summed E-state index contributed by atoms with van der Waals surface area (Å²) in [6, 6.07) is 12.1. The topological polar surface area (TPSA) is 78.7 Å². The number of aromatic nitrogens is 1. The van der Waals surface area contributed by atoms with Crippen molar-refractivity contribution in [2.45, 2.75) is 25.2 Å². The molecular formula is C27H28N4O3. The molecule has 1 aromatic carbocycles. The fourth-order valence-electron chi connectivity index (χ4n) is 5.32. The number of amides is 2. The van der Waals surface area contributed by atoms with Gasteiger partial charge in [-0.25, -0.2) is 4.98 Å². The van der Waals surface area contributed by atoms with E-state index in [9.17, 15) is 9.59 Å². The van der Waals surface area contributed by atoms with Crippen LogP contribution in [0.1, 0.15) is 35.6 Å². The number of anilines is 1. The second-order valence-electron chi connectivity index (χ2n) is 9.95. The first-order valence-electron chi connectivity index (χ1n) is 11.9. The summed E-state index contributed by atoms with van der Waals surface area (Å²) in [7, 11) is 2.10. The van der Waals surface area contributed by atoms with E-state index in [1.807, 2.05) is 35.2 Å². The van der Waals surface area contributed by atoms with E-state index < -0.39 is 0 Å². The summed E-state index contributed by atoms with van der Waals surface area (Å²) in [5.41, 5.74) is 2.47. The molecule has 0 unspecified atom stereocenters. The van der Waals surface area contributed by atoms with Gasteiger partial charge in [0.05, 0.1) is 11.3 Å². The molecule has 2 amide bonds. The maximum atomic E-state index is 12.8. The average Bonchev–Trinajstić information content (AvgIpc) is 3.23. The lowest BCUT2D eigenvalue weighted by atomic mass is 9.71. The van der Waals surface area contributed by atoms with Crippen molar-refractivity contribution in [1.29, 1.82) is 0 Å². The van der Waals surface area contributed by atoms with Crippen LogP contribution >= 0.6 is 0 Å². The number of pyridine rings is 1. The van der Waals surface area contributed by atoms with Crippen LogP contribution in [-0.4, -0.2) is 59.8 Å². The first-order chi connectivity index (χ1) is 16.5. The summed E-state index contributed by atoms with van der Waals surface area (Å²) in [5.74, 6) is 1.91. The number of carbonyl (C=O) groups excluding carboxylic acids is 2. The van der Waals surface area contributed by atoms with Gasteiger partial charge in [-0.05, 0) is 74.8 Å². The van der Waals surface area contributed by atoms with Gasteiger partial charge >= 0.3 is 0 Å². The summed E-state index contributed by atoms with van der Waals surface area (Å²) in [4.78, 5) is 34.0. The Balaban J connectivity index is 1.10. The average molecular weight is 457 g/mol. The number of nitrogens with zero attached hydrogens (tertiary/aromatic N) is 3. The van der Waals surface area contributed by atoms with Crippen molar-refractivity contribution in [1.82, 2.24) is 14.8 Å². The normalized spacial score (nSPS) is 20.5. The number of carbonyl (C=O) groups is 2. The van der Waals surface area contributed by atoms with Crippen LogP contribution in [0.2, 0.25) is 0 Å². The predicted octanol–water partition coefficient (Wildman–Crippen LogP) is 3.67. The first-order valence-corrected chi connectivity index (χ1v) is 11.9. The van der Waals surface area contributed by atoms with Crippen molar-refractivity contribution in [3.63, 3.8) is 0 Å². The summed E-state index contributed by atoms with van der Waals surface area (Å²) in [6.07, 6.45) is 7.56. The minimum absolute atomic E-state index is 0.00910. The molecule has 5 heterocycles. The van der Waals surface area contributed by atoms with Crippen LogP contribution in [0.25, 0.3) is 17.0 Å². The van der Waals surface area contributed by atoms with Crippen molar-refractivity contribution in [2.75, 3.05) is 38.5 Å². The van der Waals surface area contributed by atoms with Gasteiger partial charge in [-0.1, -0.05) is 18.2 Å². The first kappa shape index (κ1) is 21.1. The van der Waals surface area contributed by atoms with Gasteiger partial charge < -0.3 is 19.5 Å². The molecule has 174 valence electrons. The van der Waals surface area contributed by atoms with Crippen molar-refractivity contribution in [3.8, 4) is 0 Å². The molecule has 7 nitrogen and oxygen atoms in total. The number of furan rings is 1. The molecule has 0 radical (unpaired) electrons. The number of para-hydroxylation sites is 1. The number of piperidine rings is 1. The number of rotatable bonds is 3. The third-order valence-corrected chi connectivity index (χ3v) is 7.63. The van der Waals surface area contributed by atoms with Gasteiger partial charge in [0.2, 0.25) is 11.8 Å². The van der Waals surface area contributed by atoms with Gasteiger partial charge in [0, 0.05) is 30.7 Å². The molecule has 2 fully saturated rings. The molecule has 2 aromatic heterocycles. The molecule has 0 bridgehead atoms. The van der Waals surface area contributed by atoms with Gasteiger partial charge in [-0.2, -0.15) is 0 Å². The molecule has 1 N–H and O–H groups in total.